The monoisotopic (exact) mass is 436 g/mol. The molecule has 0 radical (unpaired) electrons. The van der Waals surface area contributed by atoms with Gasteiger partial charge in [0, 0.05) is 0 Å². The summed E-state index contributed by atoms with van der Waals surface area (Å²) in [6.45, 7) is 1.79. The Morgan fingerprint density at radius 3 is 2.13 bits per heavy atom. The van der Waals surface area contributed by atoms with Crippen LogP contribution in [0.1, 0.15) is 22.7 Å². The minimum absolute atomic E-state index is 0.0859. The number of anilines is 1. The number of amides is 1. The molecule has 0 aliphatic carbocycles. The molecule has 3 aromatic carbocycles. The lowest BCUT2D eigenvalue weighted by molar-refractivity contribution is -0.128. The van der Waals surface area contributed by atoms with Gasteiger partial charge in [0.15, 0.2) is 6.10 Å². The largest absolute Gasteiger partial charge is 0.476 e. The van der Waals surface area contributed by atoms with Crippen LogP contribution in [0.15, 0.2) is 78.9 Å². The molecule has 1 unspecified atom stereocenters. The SMILES string of the molecule is Cc1ccc2c(c1)N(S(C)(=O)=O)CC(C(=O)NC(c1ccccc1)c1ccccc1)O2. The van der Waals surface area contributed by atoms with E-state index in [1.165, 1.54) is 4.31 Å². The molecule has 7 heteroatoms. The Labute approximate surface area is 182 Å². The number of nitrogens with zero attached hydrogens (tertiary/aromatic N) is 1. The molecule has 31 heavy (non-hydrogen) atoms. The van der Waals surface area contributed by atoms with Gasteiger partial charge in [-0.1, -0.05) is 66.7 Å². The second-order valence-electron chi connectivity index (χ2n) is 7.63. The fourth-order valence-electron chi connectivity index (χ4n) is 3.70. The first-order chi connectivity index (χ1) is 14.8. The van der Waals surface area contributed by atoms with E-state index in [0.29, 0.717) is 11.4 Å². The Kier molecular flexibility index (Phi) is 5.69. The number of fused-ring (bicyclic) bond motifs is 1. The molecule has 160 valence electrons. The quantitative estimate of drug-likeness (QED) is 0.665. The Morgan fingerprint density at radius 1 is 1.00 bits per heavy atom. The van der Waals surface area contributed by atoms with Crippen molar-refractivity contribution in [3.8, 4) is 5.75 Å². The summed E-state index contributed by atoms with van der Waals surface area (Å²) in [6, 6.07) is 24.2. The van der Waals surface area contributed by atoms with Gasteiger partial charge in [-0.3, -0.25) is 9.10 Å². The molecule has 0 saturated heterocycles. The molecule has 1 aliphatic heterocycles. The van der Waals surface area contributed by atoms with Crippen molar-refractivity contribution in [2.45, 2.75) is 19.1 Å². The second-order valence-corrected chi connectivity index (χ2v) is 9.54. The predicted octanol–water partition coefficient (Wildman–Crippen LogP) is 3.43. The van der Waals surface area contributed by atoms with Crippen molar-refractivity contribution in [3.63, 3.8) is 0 Å². The van der Waals surface area contributed by atoms with Crippen LogP contribution >= 0.6 is 0 Å². The van der Waals surface area contributed by atoms with Crippen LogP contribution < -0.4 is 14.4 Å². The maximum absolute atomic E-state index is 13.2. The number of rotatable bonds is 5. The van der Waals surface area contributed by atoms with E-state index in [4.69, 9.17) is 4.74 Å². The van der Waals surface area contributed by atoms with Gasteiger partial charge in [-0.2, -0.15) is 0 Å². The van der Waals surface area contributed by atoms with Gasteiger partial charge in [0.25, 0.3) is 5.91 Å². The van der Waals surface area contributed by atoms with Crippen molar-refractivity contribution in [1.29, 1.82) is 0 Å². The molecule has 1 atom stereocenters. The molecule has 3 aromatic rings. The number of sulfonamides is 1. The third-order valence-electron chi connectivity index (χ3n) is 5.23. The number of hydrogen-bond acceptors (Lipinski definition) is 4. The molecular formula is C24H24N2O4S. The van der Waals surface area contributed by atoms with E-state index in [9.17, 15) is 13.2 Å². The van der Waals surface area contributed by atoms with Crippen LogP contribution in [0, 0.1) is 6.92 Å². The maximum Gasteiger partial charge on any atom is 0.263 e. The van der Waals surface area contributed by atoms with Gasteiger partial charge in [-0.25, -0.2) is 8.42 Å². The molecule has 0 bridgehead atoms. The standard InChI is InChI=1S/C24H24N2O4S/c1-17-13-14-21-20(15-17)26(31(2,28)29)16-22(30-21)24(27)25-23(18-9-5-3-6-10-18)19-11-7-4-8-12-19/h3-15,22-23H,16H2,1-2H3,(H,25,27). The lowest BCUT2D eigenvalue weighted by Crippen LogP contribution is -2.51. The summed E-state index contributed by atoms with van der Waals surface area (Å²) < 4.78 is 32.0. The Hall–Kier alpha value is -3.32. The summed E-state index contributed by atoms with van der Waals surface area (Å²) in [7, 11) is -3.58. The zero-order chi connectivity index (χ0) is 22.0. The predicted molar refractivity (Wildman–Crippen MR) is 121 cm³/mol. The van der Waals surface area contributed by atoms with Crippen LogP contribution in [0.4, 0.5) is 5.69 Å². The highest BCUT2D eigenvalue weighted by Gasteiger charge is 2.36. The van der Waals surface area contributed by atoms with Crippen LogP contribution in [0.25, 0.3) is 0 Å². The molecule has 6 nitrogen and oxygen atoms in total. The number of benzene rings is 3. The second kappa shape index (κ2) is 8.43. The molecule has 0 aromatic heterocycles. The van der Waals surface area contributed by atoms with Crippen LogP contribution in [0.2, 0.25) is 0 Å². The van der Waals surface area contributed by atoms with Crippen LogP contribution in [-0.2, 0) is 14.8 Å². The lowest BCUT2D eigenvalue weighted by atomic mass is 9.98. The van der Waals surface area contributed by atoms with Crippen LogP contribution in [0.3, 0.4) is 0 Å². The van der Waals surface area contributed by atoms with Crippen molar-refractivity contribution < 1.29 is 17.9 Å². The van der Waals surface area contributed by atoms with E-state index in [-0.39, 0.29) is 18.5 Å². The van der Waals surface area contributed by atoms with E-state index in [2.05, 4.69) is 5.32 Å². The first-order valence-corrected chi connectivity index (χ1v) is 11.8. The lowest BCUT2D eigenvalue weighted by Gasteiger charge is -2.35. The number of carbonyl (C=O) groups is 1. The summed E-state index contributed by atoms with van der Waals surface area (Å²) in [5.41, 5.74) is 3.21. The van der Waals surface area contributed by atoms with Gasteiger partial charge in [0.2, 0.25) is 10.0 Å². The van der Waals surface area contributed by atoms with Gasteiger partial charge < -0.3 is 10.1 Å². The van der Waals surface area contributed by atoms with Gasteiger partial charge >= 0.3 is 0 Å². The zero-order valence-corrected chi connectivity index (χ0v) is 18.2. The highest BCUT2D eigenvalue weighted by molar-refractivity contribution is 7.92. The van der Waals surface area contributed by atoms with Crippen LogP contribution in [0.5, 0.6) is 5.75 Å². The fourth-order valence-corrected chi connectivity index (χ4v) is 4.60. The van der Waals surface area contributed by atoms with E-state index in [0.717, 1.165) is 22.9 Å². The third kappa shape index (κ3) is 4.56. The minimum atomic E-state index is -3.58. The summed E-state index contributed by atoms with van der Waals surface area (Å²) in [5, 5.41) is 3.05. The first-order valence-electron chi connectivity index (χ1n) is 9.98. The Bertz CT molecular complexity index is 1140. The number of carbonyl (C=O) groups excluding carboxylic acids is 1. The van der Waals surface area contributed by atoms with E-state index in [1.807, 2.05) is 73.7 Å². The molecule has 0 spiro atoms. The molecule has 1 aliphatic rings. The highest BCUT2D eigenvalue weighted by atomic mass is 32.2. The average Bonchev–Trinajstić information content (AvgIpc) is 2.77. The van der Waals surface area contributed by atoms with Gasteiger partial charge in [-0.05, 0) is 35.7 Å². The maximum atomic E-state index is 13.2. The summed E-state index contributed by atoms with van der Waals surface area (Å²) >= 11 is 0. The highest BCUT2D eigenvalue weighted by Crippen LogP contribution is 2.36. The van der Waals surface area contributed by atoms with Gasteiger partial charge in [0.1, 0.15) is 5.75 Å². The van der Waals surface area contributed by atoms with Crippen molar-refractivity contribution in [3.05, 3.63) is 95.6 Å². The van der Waals surface area contributed by atoms with Crippen LogP contribution in [-0.4, -0.2) is 33.2 Å². The average molecular weight is 437 g/mol. The minimum Gasteiger partial charge on any atom is -0.476 e. The number of ether oxygens (including phenoxy) is 1. The molecule has 0 saturated carbocycles. The summed E-state index contributed by atoms with van der Waals surface area (Å²) in [6.07, 6.45) is 0.163. The molecule has 0 fully saturated rings. The first kappa shape index (κ1) is 20.9. The van der Waals surface area contributed by atoms with E-state index >= 15 is 0 Å². The van der Waals surface area contributed by atoms with Gasteiger partial charge in [-0.15, -0.1) is 0 Å². The Balaban J connectivity index is 1.64. The molecule has 1 heterocycles. The normalized spacial score (nSPS) is 15.8. The van der Waals surface area contributed by atoms with Crippen molar-refractivity contribution in [2.24, 2.45) is 0 Å². The smallest absolute Gasteiger partial charge is 0.263 e. The summed E-state index contributed by atoms with van der Waals surface area (Å²) in [5.74, 6) is -0.00372. The third-order valence-corrected chi connectivity index (χ3v) is 6.38. The Morgan fingerprint density at radius 2 is 1.58 bits per heavy atom. The molecule has 4 rings (SSSR count). The zero-order valence-electron chi connectivity index (χ0n) is 17.4. The fraction of sp³-hybridized carbons (Fsp3) is 0.208. The topological polar surface area (TPSA) is 75.7 Å². The van der Waals surface area contributed by atoms with Crippen molar-refractivity contribution in [2.75, 3.05) is 17.1 Å². The molecular weight excluding hydrogens is 412 g/mol. The van der Waals surface area contributed by atoms with E-state index in [1.54, 1.807) is 12.1 Å². The molecule has 1 N–H and O–H groups in total. The number of hydrogen-bond donors (Lipinski definition) is 1. The van der Waals surface area contributed by atoms with Gasteiger partial charge in [0.05, 0.1) is 24.5 Å². The number of nitrogens with one attached hydrogen (secondary N) is 1. The number of aryl methyl sites for hydroxylation is 1. The van der Waals surface area contributed by atoms with Crippen molar-refractivity contribution >= 4 is 21.6 Å². The molecule has 1 amide bonds. The summed E-state index contributed by atoms with van der Waals surface area (Å²) in [4.78, 5) is 13.2. The van der Waals surface area contributed by atoms with Crippen molar-refractivity contribution in [1.82, 2.24) is 5.32 Å². The van der Waals surface area contributed by atoms with E-state index < -0.39 is 16.1 Å².